The van der Waals surface area contributed by atoms with Crippen molar-refractivity contribution in [1.29, 1.82) is 0 Å². The summed E-state index contributed by atoms with van der Waals surface area (Å²) < 4.78 is 28.3. The molecule has 1 aromatic carbocycles. The molecule has 2 aromatic rings. The van der Waals surface area contributed by atoms with Crippen LogP contribution in [0.1, 0.15) is 26.3 Å². The molecule has 2 rings (SSSR count). The molecule has 1 aromatic heterocycles. The van der Waals surface area contributed by atoms with Crippen LogP contribution < -0.4 is 4.72 Å². The van der Waals surface area contributed by atoms with E-state index in [1.807, 2.05) is 45.2 Å². The van der Waals surface area contributed by atoms with Crippen molar-refractivity contribution in [1.82, 2.24) is 4.72 Å². The molecule has 0 amide bonds. The number of hydrogen-bond donors (Lipinski definition) is 1. The Morgan fingerprint density at radius 2 is 1.83 bits per heavy atom. The van der Waals surface area contributed by atoms with Gasteiger partial charge in [-0.05, 0) is 56.2 Å². The molecule has 1 N–H and O–H groups in total. The first-order valence-corrected chi connectivity index (χ1v) is 8.08. The first-order valence-electron chi connectivity index (χ1n) is 5.71. The normalized spacial score (nSPS) is 13.1. The highest BCUT2D eigenvalue weighted by molar-refractivity contribution is 7.90. The van der Waals surface area contributed by atoms with E-state index in [0.717, 1.165) is 15.6 Å². The molecule has 0 radical (unpaired) electrons. The quantitative estimate of drug-likeness (QED) is 0.919. The highest BCUT2D eigenvalue weighted by Gasteiger charge is 2.24. The number of thiophene rings is 1. The van der Waals surface area contributed by atoms with Crippen LogP contribution in [0.2, 0.25) is 0 Å². The summed E-state index contributed by atoms with van der Waals surface area (Å²) in [4.78, 5) is 0.369. The SMILES string of the molecule is Cc1ccc(S(=O)(=O)NC(C)(C)C)c2sccc12. The summed E-state index contributed by atoms with van der Waals surface area (Å²) in [6, 6.07) is 5.50. The van der Waals surface area contributed by atoms with Gasteiger partial charge in [0, 0.05) is 5.54 Å². The molecule has 0 aliphatic rings. The fourth-order valence-corrected chi connectivity index (χ4v) is 4.72. The fourth-order valence-electron chi connectivity index (χ4n) is 1.85. The topological polar surface area (TPSA) is 46.2 Å². The second kappa shape index (κ2) is 4.33. The zero-order valence-corrected chi connectivity index (χ0v) is 12.6. The molecular weight excluding hydrogens is 266 g/mol. The summed E-state index contributed by atoms with van der Waals surface area (Å²) >= 11 is 1.46. The summed E-state index contributed by atoms with van der Waals surface area (Å²) in [6.45, 7) is 7.50. The summed E-state index contributed by atoms with van der Waals surface area (Å²) in [7, 11) is -3.47. The van der Waals surface area contributed by atoms with Gasteiger partial charge in [0.2, 0.25) is 10.0 Å². The van der Waals surface area contributed by atoms with E-state index in [9.17, 15) is 8.42 Å². The van der Waals surface area contributed by atoms with E-state index in [2.05, 4.69) is 4.72 Å². The van der Waals surface area contributed by atoms with Gasteiger partial charge in [0.05, 0.1) is 9.60 Å². The van der Waals surface area contributed by atoms with Crippen molar-refractivity contribution in [3.8, 4) is 0 Å². The predicted molar refractivity (Wildman–Crippen MR) is 76.6 cm³/mol. The van der Waals surface area contributed by atoms with Gasteiger partial charge >= 0.3 is 0 Å². The molecule has 0 bridgehead atoms. The average molecular weight is 283 g/mol. The van der Waals surface area contributed by atoms with Gasteiger partial charge in [0.15, 0.2) is 0 Å². The zero-order chi connectivity index (χ0) is 13.6. The lowest BCUT2D eigenvalue weighted by atomic mass is 10.1. The Morgan fingerprint density at radius 1 is 1.17 bits per heavy atom. The Labute approximate surface area is 112 Å². The summed E-state index contributed by atoms with van der Waals surface area (Å²) in [5.74, 6) is 0. The van der Waals surface area contributed by atoms with Crippen molar-refractivity contribution < 1.29 is 8.42 Å². The van der Waals surface area contributed by atoms with Crippen LogP contribution >= 0.6 is 11.3 Å². The van der Waals surface area contributed by atoms with E-state index in [-0.39, 0.29) is 0 Å². The molecule has 0 aliphatic carbocycles. The molecule has 18 heavy (non-hydrogen) atoms. The molecule has 0 unspecified atom stereocenters. The number of aryl methyl sites for hydroxylation is 1. The van der Waals surface area contributed by atoms with Gasteiger partial charge in [-0.25, -0.2) is 13.1 Å². The van der Waals surface area contributed by atoms with Crippen molar-refractivity contribution in [3.63, 3.8) is 0 Å². The maximum atomic E-state index is 12.4. The zero-order valence-electron chi connectivity index (χ0n) is 10.9. The lowest BCUT2D eigenvalue weighted by Gasteiger charge is -2.20. The lowest BCUT2D eigenvalue weighted by Crippen LogP contribution is -2.40. The molecule has 98 valence electrons. The second-order valence-corrected chi connectivity index (χ2v) is 7.97. The molecule has 5 heteroatoms. The van der Waals surface area contributed by atoms with E-state index < -0.39 is 15.6 Å². The largest absolute Gasteiger partial charge is 0.242 e. The smallest absolute Gasteiger partial charge is 0.207 e. The van der Waals surface area contributed by atoms with Gasteiger partial charge in [-0.2, -0.15) is 0 Å². The minimum Gasteiger partial charge on any atom is -0.207 e. The molecule has 3 nitrogen and oxygen atoms in total. The Balaban J connectivity index is 2.62. The highest BCUT2D eigenvalue weighted by atomic mass is 32.2. The van der Waals surface area contributed by atoms with E-state index in [4.69, 9.17) is 0 Å². The maximum Gasteiger partial charge on any atom is 0.242 e. The van der Waals surface area contributed by atoms with E-state index in [1.54, 1.807) is 6.07 Å². The van der Waals surface area contributed by atoms with E-state index in [1.165, 1.54) is 11.3 Å². The first kappa shape index (κ1) is 13.5. The standard InChI is InChI=1S/C13H17NO2S2/c1-9-5-6-11(12-10(9)7-8-17-12)18(15,16)14-13(2,3)4/h5-8,14H,1-4H3. The van der Waals surface area contributed by atoms with Crippen LogP contribution in [0, 0.1) is 6.92 Å². The monoisotopic (exact) mass is 283 g/mol. The van der Waals surface area contributed by atoms with Crippen molar-refractivity contribution in [2.75, 3.05) is 0 Å². The molecular formula is C13H17NO2S2. The van der Waals surface area contributed by atoms with Gasteiger partial charge in [0.1, 0.15) is 0 Å². The number of sulfonamides is 1. The van der Waals surface area contributed by atoms with Gasteiger partial charge in [-0.1, -0.05) is 6.07 Å². The number of hydrogen-bond acceptors (Lipinski definition) is 3. The Kier molecular flexibility index (Phi) is 3.25. The maximum absolute atomic E-state index is 12.4. The van der Waals surface area contributed by atoms with Crippen molar-refractivity contribution in [3.05, 3.63) is 29.1 Å². The van der Waals surface area contributed by atoms with Crippen molar-refractivity contribution in [2.45, 2.75) is 38.1 Å². The molecule has 0 atom stereocenters. The molecule has 0 saturated carbocycles. The third kappa shape index (κ3) is 2.58. The Hall–Kier alpha value is -0.910. The van der Waals surface area contributed by atoms with E-state index >= 15 is 0 Å². The number of fused-ring (bicyclic) bond motifs is 1. The number of rotatable bonds is 2. The molecule has 0 saturated heterocycles. The van der Waals surface area contributed by atoms with Crippen LogP contribution in [0.4, 0.5) is 0 Å². The minimum absolute atomic E-state index is 0.369. The van der Waals surface area contributed by atoms with Gasteiger partial charge in [-0.15, -0.1) is 11.3 Å². The summed E-state index contributed by atoms with van der Waals surface area (Å²) in [6.07, 6.45) is 0. The van der Waals surface area contributed by atoms with Gasteiger partial charge < -0.3 is 0 Å². The van der Waals surface area contributed by atoms with Crippen LogP contribution in [0.5, 0.6) is 0 Å². The second-order valence-electron chi connectivity index (χ2n) is 5.40. The Morgan fingerprint density at radius 3 is 2.44 bits per heavy atom. The number of benzene rings is 1. The third-order valence-corrected chi connectivity index (χ3v) is 5.41. The molecule has 0 fully saturated rings. The van der Waals surface area contributed by atoms with Crippen LogP contribution in [-0.2, 0) is 10.0 Å². The van der Waals surface area contributed by atoms with Crippen LogP contribution in [0.15, 0.2) is 28.5 Å². The van der Waals surface area contributed by atoms with Crippen LogP contribution in [0.3, 0.4) is 0 Å². The van der Waals surface area contributed by atoms with E-state index in [0.29, 0.717) is 4.90 Å². The highest BCUT2D eigenvalue weighted by Crippen LogP contribution is 2.31. The lowest BCUT2D eigenvalue weighted by molar-refractivity contribution is 0.492. The fraction of sp³-hybridized carbons (Fsp3) is 0.385. The molecule has 0 spiro atoms. The first-order chi connectivity index (χ1) is 8.21. The van der Waals surface area contributed by atoms with Gasteiger partial charge in [0.25, 0.3) is 0 Å². The minimum atomic E-state index is -3.47. The van der Waals surface area contributed by atoms with Crippen molar-refractivity contribution >= 4 is 31.4 Å². The van der Waals surface area contributed by atoms with Crippen LogP contribution in [-0.4, -0.2) is 14.0 Å². The third-order valence-electron chi connectivity index (χ3n) is 2.53. The molecule has 1 heterocycles. The van der Waals surface area contributed by atoms with Gasteiger partial charge in [-0.3, -0.25) is 0 Å². The summed E-state index contributed by atoms with van der Waals surface area (Å²) in [5, 5.41) is 2.94. The predicted octanol–water partition coefficient (Wildman–Crippen LogP) is 3.29. The summed E-state index contributed by atoms with van der Waals surface area (Å²) in [5.41, 5.74) is 0.619. The average Bonchev–Trinajstić information content (AvgIpc) is 2.62. The van der Waals surface area contributed by atoms with Crippen molar-refractivity contribution in [2.24, 2.45) is 0 Å². The number of nitrogens with one attached hydrogen (secondary N) is 1. The molecule has 0 aliphatic heterocycles. The van der Waals surface area contributed by atoms with Crippen LogP contribution in [0.25, 0.3) is 10.1 Å². The Bertz CT molecular complexity index is 679.